The van der Waals surface area contributed by atoms with Gasteiger partial charge in [-0.05, 0) is 13.0 Å². The molecule has 1 aromatic heterocycles. The van der Waals surface area contributed by atoms with E-state index in [1.807, 2.05) is 6.07 Å². The van der Waals surface area contributed by atoms with Crippen molar-refractivity contribution in [1.29, 1.82) is 0 Å². The number of aromatic nitrogens is 1. The van der Waals surface area contributed by atoms with Gasteiger partial charge >= 0.3 is 5.97 Å². The number of nitrogens with one attached hydrogen (secondary N) is 1. The van der Waals surface area contributed by atoms with Gasteiger partial charge < -0.3 is 10.1 Å². The number of nitrogens with zero attached hydrogens (tertiary/aromatic N) is 1. The maximum absolute atomic E-state index is 11.8. The second kappa shape index (κ2) is 3.81. The van der Waals surface area contributed by atoms with Crippen molar-refractivity contribution in [3.63, 3.8) is 0 Å². The zero-order chi connectivity index (χ0) is 10.9. The highest BCUT2D eigenvalue weighted by atomic mass is 79.9. The largest absolute Gasteiger partial charge is 0.465 e. The van der Waals surface area contributed by atoms with Crippen LogP contribution in [0.2, 0.25) is 0 Å². The lowest BCUT2D eigenvalue weighted by Crippen LogP contribution is -2.33. The van der Waals surface area contributed by atoms with Gasteiger partial charge in [-0.3, -0.25) is 9.78 Å². The van der Waals surface area contributed by atoms with Crippen LogP contribution in [0.3, 0.4) is 0 Å². The van der Waals surface area contributed by atoms with Crippen LogP contribution in [0.1, 0.15) is 12.5 Å². The fourth-order valence-corrected chi connectivity index (χ4v) is 2.22. The van der Waals surface area contributed by atoms with Crippen molar-refractivity contribution in [1.82, 2.24) is 4.98 Å². The van der Waals surface area contributed by atoms with E-state index in [0.717, 1.165) is 11.3 Å². The maximum atomic E-state index is 11.8. The molecule has 1 atom stereocenters. The van der Waals surface area contributed by atoms with E-state index in [4.69, 9.17) is 4.74 Å². The van der Waals surface area contributed by atoms with Crippen molar-refractivity contribution in [2.45, 2.75) is 11.2 Å². The van der Waals surface area contributed by atoms with Gasteiger partial charge in [-0.2, -0.15) is 0 Å². The number of hydrogen-bond donors (Lipinski definition) is 1. The number of esters is 1. The Morgan fingerprint density at radius 1 is 1.80 bits per heavy atom. The maximum Gasteiger partial charge on any atom is 0.329 e. The molecule has 0 spiro atoms. The first-order valence-electron chi connectivity index (χ1n) is 4.73. The minimum absolute atomic E-state index is 0.262. The number of halogens is 1. The first kappa shape index (κ1) is 10.4. The Kier molecular flexibility index (Phi) is 2.65. The van der Waals surface area contributed by atoms with Crippen LogP contribution in [0, 0.1) is 0 Å². The molecule has 5 heteroatoms. The molecule has 1 N–H and O–H groups in total. The lowest BCUT2D eigenvalue weighted by molar-refractivity contribution is -0.145. The fourth-order valence-electron chi connectivity index (χ4n) is 1.62. The second-order valence-corrected chi connectivity index (χ2v) is 4.65. The Morgan fingerprint density at radius 2 is 2.60 bits per heavy atom. The van der Waals surface area contributed by atoms with Crippen LogP contribution in [0.15, 0.2) is 18.5 Å². The van der Waals surface area contributed by atoms with Gasteiger partial charge in [0.1, 0.15) is 0 Å². The molecule has 0 saturated heterocycles. The zero-order valence-corrected chi connectivity index (χ0v) is 9.87. The molecule has 1 aromatic rings. The summed E-state index contributed by atoms with van der Waals surface area (Å²) in [5.74, 6) is -0.262. The van der Waals surface area contributed by atoms with E-state index in [0.29, 0.717) is 13.2 Å². The summed E-state index contributed by atoms with van der Waals surface area (Å²) in [6, 6.07) is 1.82. The van der Waals surface area contributed by atoms with E-state index in [-0.39, 0.29) is 5.97 Å². The number of ether oxygens (including phenoxy) is 1. The summed E-state index contributed by atoms with van der Waals surface area (Å²) in [7, 11) is 0. The predicted molar refractivity (Wildman–Crippen MR) is 60.0 cm³/mol. The van der Waals surface area contributed by atoms with Crippen molar-refractivity contribution in [2.75, 3.05) is 18.5 Å². The smallest absolute Gasteiger partial charge is 0.329 e. The van der Waals surface area contributed by atoms with E-state index in [1.54, 1.807) is 19.3 Å². The fraction of sp³-hybridized carbons (Fsp3) is 0.400. The number of anilines is 1. The highest BCUT2D eigenvalue weighted by Gasteiger charge is 2.44. The molecule has 1 unspecified atom stereocenters. The Balaban J connectivity index is 2.36. The van der Waals surface area contributed by atoms with Crippen LogP contribution >= 0.6 is 15.9 Å². The quantitative estimate of drug-likeness (QED) is 0.656. The molecule has 1 aliphatic rings. The average molecular weight is 271 g/mol. The molecule has 0 amide bonds. The Bertz CT molecular complexity index is 397. The molecule has 0 saturated carbocycles. The van der Waals surface area contributed by atoms with Crippen LogP contribution in [0.5, 0.6) is 0 Å². The van der Waals surface area contributed by atoms with Gasteiger partial charge in [0.15, 0.2) is 4.32 Å². The van der Waals surface area contributed by atoms with E-state index in [9.17, 15) is 4.79 Å². The second-order valence-electron chi connectivity index (χ2n) is 3.30. The van der Waals surface area contributed by atoms with Gasteiger partial charge in [0.05, 0.1) is 18.5 Å². The highest BCUT2D eigenvalue weighted by molar-refractivity contribution is 9.10. The minimum Gasteiger partial charge on any atom is -0.465 e. The van der Waals surface area contributed by atoms with Gasteiger partial charge in [0, 0.05) is 18.3 Å². The van der Waals surface area contributed by atoms with Crippen LogP contribution in [-0.4, -0.2) is 24.1 Å². The third kappa shape index (κ3) is 1.61. The van der Waals surface area contributed by atoms with Gasteiger partial charge in [-0.15, -0.1) is 0 Å². The van der Waals surface area contributed by atoms with Crippen LogP contribution in [0.25, 0.3) is 0 Å². The molecule has 4 nitrogen and oxygen atoms in total. The number of alkyl halides is 1. The SMILES string of the molecule is CCOC(=O)C1(Br)CNc2cnccc21. The third-order valence-corrected chi connectivity index (χ3v) is 3.40. The Hall–Kier alpha value is -1.10. The van der Waals surface area contributed by atoms with E-state index < -0.39 is 4.32 Å². The molecular formula is C10H11BrN2O2. The molecular weight excluding hydrogens is 260 g/mol. The molecule has 0 aliphatic carbocycles. The van der Waals surface area contributed by atoms with Gasteiger partial charge in [0.25, 0.3) is 0 Å². The summed E-state index contributed by atoms with van der Waals surface area (Å²) in [6.07, 6.45) is 3.37. The number of fused-ring (bicyclic) bond motifs is 1. The summed E-state index contributed by atoms with van der Waals surface area (Å²) in [5, 5.41) is 3.12. The first-order chi connectivity index (χ1) is 7.18. The van der Waals surface area contributed by atoms with E-state index in [1.165, 1.54) is 0 Å². The molecule has 0 bridgehead atoms. The number of hydrogen-bond acceptors (Lipinski definition) is 4. The lowest BCUT2D eigenvalue weighted by Gasteiger charge is -2.19. The molecule has 2 rings (SSSR count). The average Bonchev–Trinajstić information content (AvgIpc) is 2.59. The summed E-state index contributed by atoms with van der Waals surface area (Å²) in [5.41, 5.74) is 1.76. The molecule has 1 aliphatic heterocycles. The summed E-state index contributed by atoms with van der Waals surface area (Å²) >= 11 is 3.45. The molecule has 0 aromatic carbocycles. The number of carbonyl (C=O) groups is 1. The minimum atomic E-state index is -0.763. The van der Waals surface area contributed by atoms with Crippen LogP contribution < -0.4 is 5.32 Å². The van der Waals surface area contributed by atoms with Crippen LogP contribution in [-0.2, 0) is 13.9 Å². The molecule has 0 radical (unpaired) electrons. The summed E-state index contributed by atoms with van der Waals surface area (Å²) in [6.45, 7) is 2.67. The number of carbonyl (C=O) groups excluding carboxylic acids is 1. The molecule has 80 valence electrons. The topological polar surface area (TPSA) is 51.2 Å². The highest BCUT2D eigenvalue weighted by Crippen LogP contribution is 2.41. The third-order valence-electron chi connectivity index (χ3n) is 2.37. The number of pyridine rings is 1. The molecule has 15 heavy (non-hydrogen) atoms. The predicted octanol–water partition coefficient (Wildman–Crippen LogP) is 1.66. The standard InChI is InChI=1S/C10H11BrN2O2/c1-2-15-9(14)10(11)6-13-8-5-12-4-3-7(8)10/h3-5,13H,2,6H2,1H3. The zero-order valence-electron chi connectivity index (χ0n) is 8.29. The van der Waals surface area contributed by atoms with Crippen molar-refractivity contribution in [3.8, 4) is 0 Å². The normalized spacial score (nSPS) is 23.1. The summed E-state index contributed by atoms with van der Waals surface area (Å²) < 4.78 is 4.28. The Morgan fingerprint density at radius 3 is 3.33 bits per heavy atom. The van der Waals surface area contributed by atoms with E-state index in [2.05, 4.69) is 26.2 Å². The molecule has 0 fully saturated rings. The van der Waals surface area contributed by atoms with Gasteiger partial charge in [-0.1, -0.05) is 15.9 Å². The van der Waals surface area contributed by atoms with E-state index >= 15 is 0 Å². The van der Waals surface area contributed by atoms with Crippen molar-refractivity contribution >= 4 is 27.6 Å². The van der Waals surface area contributed by atoms with Crippen molar-refractivity contribution < 1.29 is 9.53 Å². The summed E-state index contributed by atoms with van der Waals surface area (Å²) in [4.78, 5) is 15.8. The van der Waals surface area contributed by atoms with Crippen molar-refractivity contribution in [3.05, 3.63) is 24.0 Å². The first-order valence-corrected chi connectivity index (χ1v) is 5.52. The Labute approximate surface area is 96.2 Å². The van der Waals surface area contributed by atoms with Crippen molar-refractivity contribution in [2.24, 2.45) is 0 Å². The monoisotopic (exact) mass is 270 g/mol. The lowest BCUT2D eigenvalue weighted by atomic mass is 10.0. The van der Waals surface area contributed by atoms with Gasteiger partial charge in [0.2, 0.25) is 0 Å². The van der Waals surface area contributed by atoms with Crippen LogP contribution in [0.4, 0.5) is 5.69 Å². The van der Waals surface area contributed by atoms with Gasteiger partial charge in [-0.25, -0.2) is 0 Å². The molecule has 2 heterocycles. The number of rotatable bonds is 2.